The molecule has 0 saturated carbocycles. The topological polar surface area (TPSA) is 90.1 Å². The number of carbonyl (C=O) groups excluding carboxylic acids is 1. The molecule has 0 saturated heterocycles. The van der Waals surface area contributed by atoms with Gasteiger partial charge in [-0.05, 0) is 19.1 Å². The van der Waals surface area contributed by atoms with Gasteiger partial charge in [0.05, 0.1) is 12.2 Å². The van der Waals surface area contributed by atoms with Crippen LogP contribution in [0.5, 0.6) is 5.75 Å². The van der Waals surface area contributed by atoms with Gasteiger partial charge in [-0.2, -0.15) is 0 Å². The van der Waals surface area contributed by atoms with Crippen LogP contribution < -0.4 is 15.8 Å². The molecule has 1 aromatic heterocycles. The van der Waals surface area contributed by atoms with Crippen LogP contribution >= 0.6 is 11.3 Å². The first kappa shape index (κ1) is 12.3. The highest BCUT2D eigenvalue weighted by atomic mass is 32.1. The van der Waals surface area contributed by atoms with Gasteiger partial charge in [0, 0.05) is 0 Å². The normalized spacial score (nSPS) is 10.1. The van der Waals surface area contributed by atoms with Crippen LogP contribution in [0.1, 0.15) is 17.3 Å². The highest BCUT2D eigenvalue weighted by molar-refractivity contribution is 7.19. The summed E-state index contributed by atoms with van der Waals surface area (Å²) in [6.07, 6.45) is 0. The second-order valence-electron chi connectivity index (χ2n) is 3.33. The molecule has 3 N–H and O–H groups in total. The predicted molar refractivity (Wildman–Crippen MR) is 69.9 cm³/mol. The number of ether oxygens (including phenoxy) is 1. The van der Waals surface area contributed by atoms with Crippen LogP contribution in [0.3, 0.4) is 0 Å². The Morgan fingerprint density at radius 1 is 1.44 bits per heavy atom. The van der Waals surface area contributed by atoms with Gasteiger partial charge in [0.2, 0.25) is 10.3 Å². The number of amides is 1. The van der Waals surface area contributed by atoms with E-state index in [1.54, 1.807) is 18.2 Å². The fourth-order valence-electron chi connectivity index (χ4n) is 1.39. The third-order valence-electron chi connectivity index (χ3n) is 2.09. The van der Waals surface area contributed by atoms with Gasteiger partial charge in [0.25, 0.3) is 5.91 Å². The minimum absolute atomic E-state index is 0.296. The summed E-state index contributed by atoms with van der Waals surface area (Å²) in [6, 6.07) is 7.01. The first-order valence-electron chi connectivity index (χ1n) is 5.33. The molecule has 0 aliphatic heterocycles. The molecule has 1 heterocycles. The van der Waals surface area contributed by atoms with E-state index in [0.29, 0.717) is 28.2 Å². The molecule has 7 heteroatoms. The molecule has 0 fully saturated rings. The minimum Gasteiger partial charge on any atom is -0.493 e. The molecule has 0 unspecified atom stereocenters. The Kier molecular flexibility index (Phi) is 3.73. The van der Waals surface area contributed by atoms with Crippen LogP contribution in [0.25, 0.3) is 0 Å². The number of rotatable bonds is 4. The number of nitrogens with zero attached hydrogens (tertiary/aromatic N) is 2. The maximum absolute atomic E-state index is 12.0. The molecule has 0 aliphatic rings. The van der Waals surface area contributed by atoms with E-state index in [2.05, 4.69) is 15.5 Å². The second kappa shape index (κ2) is 5.46. The lowest BCUT2D eigenvalue weighted by Gasteiger charge is -2.08. The molecule has 2 rings (SSSR count). The summed E-state index contributed by atoms with van der Waals surface area (Å²) < 4.78 is 5.38. The quantitative estimate of drug-likeness (QED) is 0.878. The predicted octanol–water partition coefficient (Wildman–Crippen LogP) is 1.77. The van der Waals surface area contributed by atoms with Crippen LogP contribution in [0.4, 0.5) is 10.3 Å². The van der Waals surface area contributed by atoms with Gasteiger partial charge in [0.1, 0.15) is 5.75 Å². The van der Waals surface area contributed by atoms with Gasteiger partial charge in [-0.15, -0.1) is 10.2 Å². The zero-order valence-electron chi connectivity index (χ0n) is 9.71. The summed E-state index contributed by atoms with van der Waals surface area (Å²) in [4.78, 5) is 12.0. The molecule has 0 bridgehead atoms. The third-order valence-corrected chi connectivity index (χ3v) is 2.76. The largest absolute Gasteiger partial charge is 0.493 e. The van der Waals surface area contributed by atoms with Crippen LogP contribution in [0, 0.1) is 0 Å². The van der Waals surface area contributed by atoms with E-state index in [0.717, 1.165) is 11.3 Å². The van der Waals surface area contributed by atoms with E-state index in [-0.39, 0.29) is 5.91 Å². The molecule has 0 radical (unpaired) electrons. The average Bonchev–Trinajstić information content (AvgIpc) is 2.76. The standard InChI is InChI=1S/C11H12N4O2S/c1-2-17-8-6-4-3-5-7(8)9(16)13-11-15-14-10(12)18-11/h3-6H,2H2,1H3,(H2,12,14)(H,13,15,16). The van der Waals surface area contributed by atoms with Crippen molar-refractivity contribution < 1.29 is 9.53 Å². The maximum Gasteiger partial charge on any atom is 0.261 e. The first-order valence-corrected chi connectivity index (χ1v) is 6.14. The molecule has 6 nitrogen and oxygen atoms in total. The van der Waals surface area contributed by atoms with Crippen molar-refractivity contribution in [1.82, 2.24) is 10.2 Å². The number of carbonyl (C=O) groups is 1. The SMILES string of the molecule is CCOc1ccccc1C(=O)Nc1nnc(N)s1. The van der Waals surface area contributed by atoms with Crippen LogP contribution in [-0.4, -0.2) is 22.7 Å². The Labute approximate surface area is 108 Å². The highest BCUT2D eigenvalue weighted by Crippen LogP contribution is 2.21. The van der Waals surface area contributed by atoms with Crippen molar-refractivity contribution in [1.29, 1.82) is 0 Å². The number of nitrogen functional groups attached to an aromatic ring is 1. The van der Waals surface area contributed by atoms with Crippen LogP contribution in [0.2, 0.25) is 0 Å². The number of hydrogen-bond acceptors (Lipinski definition) is 6. The van der Waals surface area contributed by atoms with Crippen molar-refractivity contribution in [2.24, 2.45) is 0 Å². The molecule has 1 aromatic carbocycles. The lowest BCUT2D eigenvalue weighted by Crippen LogP contribution is -2.13. The Balaban J connectivity index is 2.18. The Morgan fingerprint density at radius 3 is 2.89 bits per heavy atom. The van der Waals surface area contributed by atoms with Gasteiger partial charge in [-0.1, -0.05) is 23.5 Å². The molecule has 0 spiro atoms. The number of anilines is 2. The van der Waals surface area contributed by atoms with E-state index in [9.17, 15) is 4.79 Å². The summed E-state index contributed by atoms with van der Waals surface area (Å²) in [5.74, 6) is 0.241. The van der Waals surface area contributed by atoms with Crippen molar-refractivity contribution in [2.75, 3.05) is 17.7 Å². The van der Waals surface area contributed by atoms with E-state index in [1.807, 2.05) is 13.0 Å². The summed E-state index contributed by atoms with van der Waals surface area (Å²) >= 11 is 1.11. The van der Waals surface area contributed by atoms with E-state index < -0.39 is 0 Å². The number of nitrogens with one attached hydrogen (secondary N) is 1. The number of benzene rings is 1. The van der Waals surface area contributed by atoms with Crippen molar-refractivity contribution in [3.05, 3.63) is 29.8 Å². The van der Waals surface area contributed by atoms with E-state index in [4.69, 9.17) is 10.5 Å². The fraction of sp³-hybridized carbons (Fsp3) is 0.182. The summed E-state index contributed by atoms with van der Waals surface area (Å²) in [5, 5.41) is 10.6. The third kappa shape index (κ3) is 2.75. The lowest BCUT2D eigenvalue weighted by atomic mass is 10.2. The van der Waals surface area contributed by atoms with Gasteiger partial charge < -0.3 is 10.5 Å². The van der Waals surface area contributed by atoms with Crippen LogP contribution in [-0.2, 0) is 0 Å². The zero-order valence-corrected chi connectivity index (χ0v) is 10.5. The Hall–Kier alpha value is -2.15. The first-order chi connectivity index (χ1) is 8.70. The van der Waals surface area contributed by atoms with Crippen molar-refractivity contribution in [3.63, 3.8) is 0 Å². The number of para-hydroxylation sites is 1. The molecule has 0 aliphatic carbocycles. The molecule has 94 valence electrons. The monoisotopic (exact) mass is 264 g/mol. The average molecular weight is 264 g/mol. The molecule has 18 heavy (non-hydrogen) atoms. The Bertz CT molecular complexity index is 555. The fourth-order valence-corrected chi connectivity index (χ4v) is 1.89. The summed E-state index contributed by atoms with van der Waals surface area (Å²) in [5.41, 5.74) is 5.89. The molecular weight excluding hydrogens is 252 g/mol. The van der Waals surface area contributed by atoms with Gasteiger partial charge in [-0.25, -0.2) is 0 Å². The van der Waals surface area contributed by atoms with Gasteiger partial charge in [0.15, 0.2) is 0 Å². The van der Waals surface area contributed by atoms with Gasteiger partial charge >= 0.3 is 0 Å². The van der Waals surface area contributed by atoms with Crippen molar-refractivity contribution in [2.45, 2.75) is 6.92 Å². The van der Waals surface area contributed by atoms with E-state index in [1.165, 1.54) is 0 Å². The number of hydrogen-bond donors (Lipinski definition) is 2. The van der Waals surface area contributed by atoms with Crippen molar-refractivity contribution in [3.8, 4) is 5.75 Å². The minimum atomic E-state index is -0.296. The smallest absolute Gasteiger partial charge is 0.261 e. The Morgan fingerprint density at radius 2 is 2.22 bits per heavy atom. The molecule has 2 aromatic rings. The molecule has 1 amide bonds. The highest BCUT2D eigenvalue weighted by Gasteiger charge is 2.13. The zero-order chi connectivity index (χ0) is 13.0. The van der Waals surface area contributed by atoms with Crippen LogP contribution in [0.15, 0.2) is 24.3 Å². The van der Waals surface area contributed by atoms with E-state index >= 15 is 0 Å². The maximum atomic E-state index is 12.0. The van der Waals surface area contributed by atoms with Crippen molar-refractivity contribution >= 4 is 27.5 Å². The molecule has 0 atom stereocenters. The summed E-state index contributed by atoms with van der Waals surface area (Å²) in [7, 11) is 0. The molecular formula is C11H12N4O2S. The second-order valence-corrected chi connectivity index (χ2v) is 4.34. The summed E-state index contributed by atoms with van der Waals surface area (Å²) in [6.45, 7) is 2.36. The van der Waals surface area contributed by atoms with Gasteiger partial charge in [-0.3, -0.25) is 10.1 Å². The number of aromatic nitrogens is 2. The lowest BCUT2D eigenvalue weighted by molar-refractivity contribution is 0.102. The number of nitrogens with two attached hydrogens (primary N) is 1.